The van der Waals surface area contributed by atoms with Crippen LogP contribution in [0.3, 0.4) is 0 Å². The summed E-state index contributed by atoms with van der Waals surface area (Å²) in [5, 5.41) is 9.36. The molecule has 7 heteroatoms. The Labute approximate surface area is 78.2 Å². The van der Waals surface area contributed by atoms with Crippen LogP contribution in [-0.4, -0.2) is 27.4 Å². The molecule has 0 amide bonds. The molecular weight excluding hydrogens is 199 g/mol. The van der Waals surface area contributed by atoms with Crippen LogP contribution < -0.4 is 5.73 Å². The predicted octanol–water partition coefficient (Wildman–Crippen LogP) is 0.129. The maximum Gasteiger partial charge on any atom is 0.425 e. The van der Waals surface area contributed by atoms with Crippen LogP contribution in [0, 0.1) is 0 Å². The molecular formula is C7H10F3N3O. The molecule has 1 unspecified atom stereocenters. The number of nitrogens with two attached hydrogens (primary N) is 1. The summed E-state index contributed by atoms with van der Waals surface area (Å²) in [7, 11) is 1.36. The fraction of sp³-hybridized carbons (Fsp3) is 0.571. The summed E-state index contributed by atoms with van der Waals surface area (Å²) < 4.78 is 38.5. The van der Waals surface area contributed by atoms with E-state index >= 15 is 0 Å². The molecule has 0 fully saturated rings. The Kier molecular flexibility index (Phi) is 2.55. The lowest BCUT2D eigenvalue weighted by Gasteiger charge is -2.28. The quantitative estimate of drug-likeness (QED) is 0.727. The number of aliphatic hydroxyl groups is 1. The zero-order valence-corrected chi connectivity index (χ0v) is 7.41. The fourth-order valence-corrected chi connectivity index (χ4v) is 1.10. The first-order valence-electron chi connectivity index (χ1n) is 3.80. The number of aryl methyl sites for hydroxylation is 1. The van der Waals surface area contributed by atoms with E-state index < -0.39 is 24.1 Å². The SMILES string of the molecule is Cn1ccnc1C(O)(CN)C(F)(F)F. The van der Waals surface area contributed by atoms with Crippen LogP contribution in [-0.2, 0) is 12.6 Å². The van der Waals surface area contributed by atoms with Crippen molar-refractivity contribution in [3.05, 3.63) is 18.2 Å². The van der Waals surface area contributed by atoms with Gasteiger partial charge in [0.1, 0.15) is 0 Å². The number of hydrogen-bond acceptors (Lipinski definition) is 3. The van der Waals surface area contributed by atoms with Gasteiger partial charge in [-0.25, -0.2) is 4.98 Å². The van der Waals surface area contributed by atoms with E-state index in [2.05, 4.69) is 4.98 Å². The molecule has 1 heterocycles. The largest absolute Gasteiger partial charge is 0.425 e. The number of nitrogens with zero attached hydrogens (tertiary/aromatic N) is 2. The van der Waals surface area contributed by atoms with Gasteiger partial charge in [0.05, 0.1) is 0 Å². The smallest absolute Gasteiger partial charge is 0.373 e. The van der Waals surface area contributed by atoms with Crippen molar-refractivity contribution >= 4 is 0 Å². The maximum absolute atomic E-state index is 12.5. The van der Waals surface area contributed by atoms with Crippen molar-refractivity contribution in [2.45, 2.75) is 11.8 Å². The molecule has 0 spiro atoms. The molecule has 1 atom stereocenters. The minimum atomic E-state index is -4.83. The maximum atomic E-state index is 12.5. The van der Waals surface area contributed by atoms with Gasteiger partial charge < -0.3 is 15.4 Å². The molecule has 4 nitrogen and oxygen atoms in total. The van der Waals surface area contributed by atoms with Crippen LogP contribution in [0.5, 0.6) is 0 Å². The molecule has 0 saturated heterocycles. The van der Waals surface area contributed by atoms with E-state index in [1.807, 2.05) is 0 Å². The Morgan fingerprint density at radius 2 is 2.14 bits per heavy atom. The number of alkyl halides is 3. The van der Waals surface area contributed by atoms with Gasteiger partial charge in [-0.3, -0.25) is 0 Å². The van der Waals surface area contributed by atoms with Gasteiger partial charge in [-0.1, -0.05) is 0 Å². The highest BCUT2D eigenvalue weighted by molar-refractivity contribution is 5.08. The van der Waals surface area contributed by atoms with Crippen molar-refractivity contribution in [1.29, 1.82) is 0 Å². The van der Waals surface area contributed by atoms with Gasteiger partial charge in [0.25, 0.3) is 0 Å². The molecule has 0 aliphatic heterocycles. The van der Waals surface area contributed by atoms with E-state index in [4.69, 9.17) is 5.73 Å². The third-order valence-electron chi connectivity index (χ3n) is 1.96. The molecule has 1 aromatic heterocycles. The second-order valence-electron chi connectivity index (χ2n) is 2.92. The van der Waals surface area contributed by atoms with E-state index in [1.54, 1.807) is 0 Å². The summed E-state index contributed by atoms with van der Waals surface area (Å²) in [5.74, 6) is -0.507. The Hall–Kier alpha value is -1.08. The molecule has 3 N–H and O–H groups in total. The molecule has 0 radical (unpaired) electrons. The van der Waals surface area contributed by atoms with Gasteiger partial charge in [-0.2, -0.15) is 13.2 Å². The molecule has 1 aromatic rings. The lowest BCUT2D eigenvalue weighted by atomic mass is 10.0. The third kappa shape index (κ3) is 1.48. The molecule has 80 valence electrons. The average Bonchev–Trinajstić information content (AvgIpc) is 2.48. The van der Waals surface area contributed by atoms with Gasteiger partial charge in [0.2, 0.25) is 5.60 Å². The van der Waals surface area contributed by atoms with Crippen molar-refractivity contribution in [3.63, 3.8) is 0 Å². The second kappa shape index (κ2) is 3.25. The number of halogens is 3. The molecule has 0 aliphatic carbocycles. The van der Waals surface area contributed by atoms with E-state index in [9.17, 15) is 18.3 Å². The summed E-state index contributed by atoms with van der Waals surface area (Å²) in [6.45, 7) is -0.957. The molecule has 0 aliphatic rings. The fourth-order valence-electron chi connectivity index (χ4n) is 1.10. The minimum Gasteiger partial charge on any atom is -0.373 e. The summed E-state index contributed by atoms with van der Waals surface area (Å²) in [4.78, 5) is 3.44. The second-order valence-corrected chi connectivity index (χ2v) is 2.92. The van der Waals surface area contributed by atoms with Gasteiger partial charge in [0, 0.05) is 26.0 Å². The summed E-state index contributed by atoms with van der Waals surface area (Å²) in [6.07, 6.45) is -2.36. The summed E-state index contributed by atoms with van der Waals surface area (Å²) in [6, 6.07) is 0. The van der Waals surface area contributed by atoms with E-state index in [1.165, 1.54) is 19.4 Å². The number of imidazole rings is 1. The highest BCUT2D eigenvalue weighted by atomic mass is 19.4. The summed E-state index contributed by atoms with van der Waals surface area (Å²) in [5.41, 5.74) is 1.85. The van der Waals surface area contributed by atoms with E-state index in [0.717, 1.165) is 4.57 Å². The highest BCUT2D eigenvalue weighted by Crippen LogP contribution is 2.36. The van der Waals surface area contributed by atoms with Gasteiger partial charge >= 0.3 is 6.18 Å². The van der Waals surface area contributed by atoms with E-state index in [0.29, 0.717) is 0 Å². The summed E-state index contributed by atoms with van der Waals surface area (Å²) >= 11 is 0. The highest BCUT2D eigenvalue weighted by Gasteiger charge is 2.56. The number of rotatable bonds is 2. The molecule has 1 rings (SSSR count). The third-order valence-corrected chi connectivity index (χ3v) is 1.96. The standard InChI is InChI=1S/C7H10F3N3O/c1-13-3-2-12-5(13)6(14,4-11)7(8,9)10/h2-3,14H,4,11H2,1H3. The first kappa shape index (κ1) is 11.0. The monoisotopic (exact) mass is 209 g/mol. The topological polar surface area (TPSA) is 64.1 Å². The van der Waals surface area contributed by atoms with E-state index in [-0.39, 0.29) is 0 Å². The van der Waals surface area contributed by atoms with Crippen LogP contribution in [0.25, 0.3) is 0 Å². The predicted molar refractivity (Wildman–Crippen MR) is 42.2 cm³/mol. The number of hydrogen-bond donors (Lipinski definition) is 2. The van der Waals surface area contributed by atoms with Crippen molar-refractivity contribution in [3.8, 4) is 0 Å². The molecule has 0 bridgehead atoms. The molecule has 0 saturated carbocycles. The minimum absolute atomic E-state index is 0.507. The van der Waals surface area contributed by atoms with Crippen LogP contribution in [0.4, 0.5) is 13.2 Å². The first-order valence-corrected chi connectivity index (χ1v) is 3.80. The van der Waals surface area contributed by atoms with Crippen LogP contribution in [0.15, 0.2) is 12.4 Å². The van der Waals surface area contributed by atoms with Gasteiger partial charge in [-0.05, 0) is 0 Å². The lowest BCUT2D eigenvalue weighted by molar-refractivity contribution is -0.265. The normalized spacial score (nSPS) is 16.7. The van der Waals surface area contributed by atoms with Crippen molar-refractivity contribution in [2.24, 2.45) is 12.8 Å². The van der Waals surface area contributed by atoms with Gasteiger partial charge in [-0.15, -0.1) is 0 Å². The molecule has 14 heavy (non-hydrogen) atoms. The number of aromatic nitrogens is 2. The van der Waals surface area contributed by atoms with Crippen molar-refractivity contribution in [1.82, 2.24) is 9.55 Å². The Morgan fingerprint density at radius 1 is 1.57 bits per heavy atom. The van der Waals surface area contributed by atoms with Crippen LogP contribution in [0.2, 0.25) is 0 Å². The van der Waals surface area contributed by atoms with Crippen LogP contribution in [0.1, 0.15) is 5.82 Å². The average molecular weight is 209 g/mol. The Morgan fingerprint density at radius 3 is 2.43 bits per heavy atom. The Balaban J connectivity index is 3.22. The lowest BCUT2D eigenvalue weighted by Crippen LogP contribution is -2.50. The molecule has 0 aromatic carbocycles. The van der Waals surface area contributed by atoms with Crippen LogP contribution >= 0.6 is 0 Å². The first-order chi connectivity index (χ1) is 6.33. The zero-order chi connectivity index (χ0) is 11.0. The van der Waals surface area contributed by atoms with Crippen molar-refractivity contribution < 1.29 is 18.3 Å². The zero-order valence-electron chi connectivity index (χ0n) is 7.41. The van der Waals surface area contributed by atoms with Crippen molar-refractivity contribution in [2.75, 3.05) is 6.54 Å². The Bertz CT molecular complexity index is 322. The van der Waals surface area contributed by atoms with Gasteiger partial charge in [0.15, 0.2) is 5.82 Å².